The first-order chi connectivity index (χ1) is 12.4. The number of rotatable bonds is 7. The molecule has 2 aliphatic heterocycles. The van der Waals surface area contributed by atoms with Gasteiger partial charge in [0.1, 0.15) is 17.1 Å². The monoisotopic (exact) mass is 381 g/mol. The summed E-state index contributed by atoms with van der Waals surface area (Å²) < 4.78 is 3.53. The van der Waals surface area contributed by atoms with E-state index < -0.39 is 12.0 Å². The number of nitrogens with two attached hydrogens (primary N) is 2. The molecule has 0 aromatic carbocycles. The number of aliphatic carboxylic acids is 1. The minimum Gasteiger partial charge on any atom is -0.477 e. The van der Waals surface area contributed by atoms with Gasteiger partial charge in [-0.3, -0.25) is 14.5 Å². The molecule has 11 heteroatoms. The van der Waals surface area contributed by atoms with Crippen LogP contribution in [-0.4, -0.2) is 56.7 Å². The lowest BCUT2D eigenvalue weighted by Crippen LogP contribution is -2.68. The quantitative estimate of drug-likeness (QED) is 0.181. The minimum atomic E-state index is -1.14. The molecular formula is C15H21N6O4S+. The minimum absolute atomic E-state index is 0.0110. The van der Waals surface area contributed by atoms with Crippen molar-refractivity contribution in [1.29, 1.82) is 0 Å². The standard InChI is InChI=1S/C15H20N6O4S/c1-19-12(17)8(2-3-18-7-22)4-20(19)5-9-6-26-14-10(16)13(23)21(14)11(9)15(24)25/h4,7,10,14,17H,2-3,5-6,16H2,1H3,(H2,18,22,24,25)/p+1/t10-,14-/m1/s1. The normalized spacial score (nSPS) is 22.1. The molecule has 10 nitrogen and oxygen atoms in total. The highest BCUT2D eigenvalue weighted by molar-refractivity contribution is 8.00. The molecule has 3 rings (SSSR count). The highest BCUT2D eigenvalue weighted by atomic mass is 32.2. The lowest BCUT2D eigenvalue weighted by molar-refractivity contribution is -0.765. The van der Waals surface area contributed by atoms with Gasteiger partial charge >= 0.3 is 5.97 Å². The highest BCUT2D eigenvalue weighted by Gasteiger charge is 2.52. The van der Waals surface area contributed by atoms with Crippen molar-refractivity contribution < 1.29 is 24.2 Å². The predicted octanol–water partition coefficient (Wildman–Crippen LogP) is -2.24. The first-order valence-corrected chi connectivity index (χ1v) is 9.08. The summed E-state index contributed by atoms with van der Waals surface area (Å²) in [4.78, 5) is 35.4. The molecule has 6 N–H and O–H groups in total. The topological polar surface area (TPSA) is 148 Å². The van der Waals surface area contributed by atoms with Crippen molar-refractivity contribution in [2.24, 2.45) is 12.8 Å². The average Bonchev–Trinajstić information content (AvgIpc) is 2.88. The van der Waals surface area contributed by atoms with E-state index in [1.54, 1.807) is 16.4 Å². The van der Waals surface area contributed by atoms with E-state index in [0.717, 1.165) is 5.56 Å². The van der Waals surface area contributed by atoms with Crippen LogP contribution in [0.15, 0.2) is 17.5 Å². The van der Waals surface area contributed by atoms with E-state index in [1.807, 2.05) is 6.20 Å². The third kappa shape index (κ3) is 2.92. The van der Waals surface area contributed by atoms with Gasteiger partial charge in [0.25, 0.3) is 0 Å². The number of hydrogen-bond acceptors (Lipinski definition) is 6. The Morgan fingerprint density at radius 3 is 2.96 bits per heavy atom. The predicted molar refractivity (Wildman–Crippen MR) is 93.5 cm³/mol. The molecule has 3 heterocycles. The maximum absolute atomic E-state index is 12.0. The van der Waals surface area contributed by atoms with Crippen LogP contribution in [0.3, 0.4) is 0 Å². The zero-order chi connectivity index (χ0) is 19.0. The molecule has 0 aliphatic carbocycles. The number of carboxylic acid groups (broad SMARTS) is 1. The summed E-state index contributed by atoms with van der Waals surface area (Å²) in [6.07, 6.45) is 3.02. The molecule has 0 radical (unpaired) electrons. The van der Waals surface area contributed by atoms with E-state index in [9.17, 15) is 19.5 Å². The molecule has 1 aromatic heterocycles. The second-order valence-corrected chi connectivity index (χ2v) is 7.28. The second kappa shape index (κ2) is 7.00. The van der Waals surface area contributed by atoms with Crippen LogP contribution in [-0.2, 0) is 34.4 Å². The summed E-state index contributed by atoms with van der Waals surface area (Å²) in [5, 5.41) is 11.9. The molecule has 0 spiro atoms. The number of fused-ring (bicyclic) bond motifs is 1. The van der Waals surface area contributed by atoms with Crippen LogP contribution < -0.4 is 21.5 Å². The first-order valence-electron chi connectivity index (χ1n) is 8.03. The number of amides is 2. The fourth-order valence-corrected chi connectivity index (χ4v) is 4.47. The van der Waals surface area contributed by atoms with Gasteiger partial charge in [-0.05, 0) is 6.42 Å². The van der Waals surface area contributed by atoms with Crippen LogP contribution in [0.5, 0.6) is 0 Å². The number of nitrogens with zero attached hydrogens (tertiary/aromatic N) is 3. The van der Waals surface area contributed by atoms with Crippen LogP contribution in [0, 0.1) is 0 Å². The van der Waals surface area contributed by atoms with Gasteiger partial charge in [0.15, 0.2) is 12.4 Å². The summed E-state index contributed by atoms with van der Waals surface area (Å²) >= 11 is 1.46. The number of carboxylic acids is 1. The van der Waals surface area contributed by atoms with Crippen molar-refractivity contribution in [3.8, 4) is 0 Å². The number of carbonyl (C=O) groups is 3. The fraction of sp³-hybridized carbons (Fsp3) is 0.467. The summed E-state index contributed by atoms with van der Waals surface area (Å²) in [6.45, 7) is 0.751. The third-order valence-corrected chi connectivity index (χ3v) is 5.99. The zero-order valence-corrected chi connectivity index (χ0v) is 15.0. The Kier molecular flexibility index (Phi) is 4.92. The number of carbonyl (C=O) groups excluding carboxylic acids is 2. The number of nitrogen functional groups attached to an aromatic ring is 1. The van der Waals surface area contributed by atoms with Crippen LogP contribution >= 0.6 is 11.8 Å². The van der Waals surface area contributed by atoms with Gasteiger partial charge in [0.2, 0.25) is 18.5 Å². The molecule has 0 unspecified atom stereocenters. The fourth-order valence-electron chi connectivity index (χ4n) is 3.19. The van der Waals surface area contributed by atoms with Gasteiger partial charge in [-0.1, -0.05) is 0 Å². The first kappa shape index (κ1) is 18.3. The van der Waals surface area contributed by atoms with E-state index in [0.29, 0.717) is 43.1 Å². The van der Waals surface area contributed by atoms with Crippen molar-refractivity contribution in [3.05, 3.63) is 23.0 Å². The van der Waals surface area contributed by atoms with Crippen LogP contribution in [0.1, 0.15) is 5.56 Å². The number of hydrogen-bond donors (Lipinski definition) is 4. The molecule has 1 aromatic rings. The molecule has 0 bridgehead atoms. The molecule has 2 atom stereocenters. The van der Waals surface area contributed by atoms with Crippen LogP contribution in [0.2, 0.25) is 0 Å². The Hall–Kier alpha value is -2.53. The molecule has 1 fully saturated rings. The molecule has 26 heavy (non-hydrogen) atoms. The Labute approximate surface area is 153 Å². The van der Waals surface area contributed by atoms with Gasteiger partial charge in [0.05, 0.1) is 12.6 Å². The van der Waals surface area contributed by atoms with Crippen LogP contribution in [0.4, 0.5) is 5.82 Å². The summed E-state index contributed by atoms with van der Waals surface area (Å²) in [5.74, 6) is -0.486. The highest BCUT2D eigenvalue weighted by Crippen LogP contribution is 2.39. The largest absolute Gasteiger partial charge is 0.477 e. The molecule has 0 saturated carbocycles. The van der Waals surface area contributed by atoms with Crippen molar-refractivity contribution in [1.82, 2.24) is 14.9 Å². The number of nitrogens with one attached hydrogen (secondary N) is 1. The summed E-state index contributed by atoms with van der Waals surface area (Å²) in [5.41, 5.74) is 13.3. The lowest BCUT2D eigenvalue weighted by atomic mass is 10.0. The van der Waals surface area contributed by atoms with E-state index in [1.165, 1.54) is 16.7 Å². The van der Waals surface area contributed by atoms with Gasteiger partial charge in [-0.15, -0.1) is 21.1 Å². The lowest BCUT2D eigenvalue weighted by Gasteiger charge is -2.47. The number of anilines is 1. The van der Waals surface area contributed by atoms with E-state index in [2.05, 4.69) is 5.32 Å². The van der Waals surface area contributed by atoms with Crippen molar-refractivity contribution in [2.45, 2.75) is 24.4 Å². The zero-order valence-electron chi connectivity index (χ0n) is 14.2. The number of thioether (sulfide) groups is 1. The van der Waals surface area contributed by atoms with Crippen molar-refractivity contribution >= 4 is 35.9 Å². The second-order valence-electron chi connectivity index (χ2n) is 6.18. The molecular weight excluding hydrogens is 360 g/mol. The molecule has 2 aliphatic rings. The Morgan fingerprint density at radius 2 is 2.31 bits per heavy atom. The summed E-state index contributed by atoms with van der Waals surface area (Å²) in [7, 11) is 1.77. The number of aromatic nitrogens is 2. The van der Waals surface area contributed by atoms with Crippen LogP contribution in [0.25, 0.3) is 0 Å². The van der Waals surface area contributed by atoms with Gasteiger partial charge in [-0.25, -0.2) is 4.79 Å². The molecule has 1 saturated heterocycles. The Morgan fingerprint density at radius 1 is 1.58 bits per heavy atom. The van der Waals surface area contributed by atoms with Gasteiger partial charge in [0, 0.05) is 17.9 Å². The molecule has 140 valence electrons. The Bertz CT molecular complexity index is 804. The van der Waals surface area contributed by atoms with Gasteiger partial charge in [-0.2, -0.15) is 0 Å². The SMILES string of the molecule is Cn1c(N)c(CCNC=O)c[n+]1CC1=C(C(=O)O)N2C(=O)[C@@H](N)[C@H]2SC1. The maximum atomic E-state index is 12.0. The number of β-lactam (4-membered cyclic amide) rings is 1. The average molecular weight is 381 g/mol. The third-order valence-electron chi connectivity index (χ3n) is 4.63. The summed E-state index contributed by atoms with van der Waals surface area (Å²) in [6, 6.07) is -0.647. The Balaban J connectivity index is 1.87. The van der Waals surface area contributed by atoms with Crippen molar-refractivity contribution in [3.63, 3.8) is 0 Å². The molecule has 2 amide bonds. The maximum Gasteiger partial charge on any atom is 0.352 e. The smallest absolute Gasteiger partial charge is 0.352 e. The van der Waals surface area contributed by atoms with E-state index >= 15 is 0 Å². The van der Waals surface area contributed by atoms with E-state index in [-0.39, 0.29) is 17.0 Å². The van der Waals surface area contributed by atoms with E-state index in [4.69, 9.17) is 11.5 Å². The van der Waals surface area contributed by atoms with Gasteiger partial charge < -0.3 is 21.9 Å². The van der Waals surface area contributed by atoms with Crippen molar-refractivity contribution in [2.75, 3.05) is 18.0 Å².